The molecule has 0 bridgehead atoms. The van der Waals surface area contributed by atoms with Crippen molar-refractivity contribution in [3.8, 4) is 0 Å². The first kappa shape index (κ1) is 15.1. The van der Waals surface area contributed by atoms with Crippen molar-refractivity contribution in [2.45, 2.75) is 58.6 Å². The van der Waals surface area contributed by atoms with E-state index in [1.807, 2.05) is 4.90 Å². The maximum Gasteiger partial charge on any atom is 0.408 e. The van der Waals surface area contributed by atoms with Crippen molar-refractivity contribution in [1.82, 2.24) is 10.2 Å². The molecular formula is C15H26N2O3. The van der Waals surface area contributed by atoms with Crippen molar-refractivity contribution in [2.75, 3.05) is 13.1 Å². The van der Waals surface area contributed by atoms with E-state index in [0.29, 0.717) is 11.8 Å². The van der Waals surface area contributed by atoms with Crippen molar-refractivity contribution in [1.29, 1.82) is 0 Å². The zero-order valence-electron chi connectivity index (χ0n) is 12.9. The van der Waals surface area contributed by atoms with E-state index in [0.717, 1.165) is 13.1 Å². The first-order valence-corrected chi connectivity index (χ1v) is 7.54. The van der Waals surface area contributed by atoms with Crippen molar-refractivity contribution < 1.29 is 14.3 Å². The molecule has 2 aliphatic rings. The van der Waals surface area contributed by atoms with Crippen molar-refractivity contribution >= 4 is 12.0 Å². The molecule has 0 spiro atoms. The quantitative estimate of drug-likeness (QED) is 0.844. The number of hydrogen-bond donors (Lipinski definition) is 1. The second-order valence-electron chi connectivity index (χ2n) is 7.06. The third-order valence-corrected chi connectivity index (χ3v) is 4.14. The average Bonchev–Trinajstić information content (AvgIpc) is 2.84. The van der Waals surface area contributed by atoms with Gasteiger partial charge in [-0.05, 0) is 52.4 Å². The summed E-state index contributed by atoms with van der Waals surface area (Å²) in [4.78, 5) is 25.9. The molecule has 2 unspecified atom stereocenters. The lowest BCUT2D eigenvalue weighted by Gasteiger charge is -2.24. The maximum absolute atomic E-state index is 12.3. The van der Waals surface area contributed by atoms with E-state index >= 15 is 0 Å². The number of nitrogens with zero attached hydrogens (tertiary/aromatic N) is 1. The Balaban J connectivity index is 1.82. The van der Waals surface area contributed by atoms with Gasteiger partial charge in [-0.25, -0.2) is 4.79 Å². The number of nitrogens with one attached hydrogen (secondary N) is 1. The van der Waals surface area contributed by atoms with Gasteiger partial charge < -0.3 is 15.0 Å². The van der Waals surface area contributed by atoms with Gasteiger partial charge in [0.2, 0.25) is 5.91 Å². The van der Waals surface area contributed by atoms with Gasteiger partial charge in [0.1, 0.15) is 11.6 Å². The van der Waals surface area contributed by atoms with Crippen LogP contribution < -0.4 is 5.32 Å². The van der Waals surface area contributed by atoms with Gasteiger partial charge in [-0.1, -0.05) is 6.42 Å². The Morgan fingerprint density at radius 2 is 1.75 bits per heavy atom. The number of ether oxygens (including phenoxy) is 1. The highest BCUT2D eigenvalue weighted by atomic mass is 16.6. The summed E-state index contributed by atoms with van der Waals surface area (Å²) in [5.74, 6) is 1.35. The number of hydrogen-bond acceptors (Lipinski definition) is 3. The second-order valence-corrected chi connectivity index (χ2v) is 7.06. The molecule has 0 aromatic rings. The summed E-state index contributed by atoms with van der Waals surface area (Å²) < 4.78 is 5.17. The molecule has 1 saturated carbocycles. The highest BCUT2D eigenvalue weighted by molar-refractivity contribution is 5.85. The Labute approximate surface area is 121 Å². The van der Waals surface area contributed by atoms with Crippen LogP contribution in [0, 0.1) is 11.8 Å². The molecule has 1 N–H and O–H groups in total. The zero-order valence-corrected chi connectivity index (χ0v) is 12.9. The number of likely N-dealkylation sites (tertiary alicyclic amines) is 1. The lowest BCUT2D eigenvalue weighted by molar-refractivity contribution is -0.132. The van der Waals surface area contributed by atoms with Crippen LogP contribution in [0.25, 0.3) is 0 Å². The Kier molecular flexibility index (Phi) is 4.25. The van der Waals surface area contributed by atoms with Crippen LogP contribution in [0.2, 0.25) is 0 Å². The molecule has 1 aliphatic heterocycles. The second kappa shape index (κ2) is 5.62. The SMILES string of the molecule is C[C@@H](NC(=O)OC(C)(C)C)C(=O)N1CC2CCCC2C1. The Hall–Kier alpha value is -1.26. The molecule has 5 heteroatoms. The van der Waals surface area contributed by atoms with Crippen molar-refractivity contribution in [3.63, 3.8) is 0 Å². The Bertz CT molecular complexity index is 377. The summed E-state index contributed by atoms with van der Waals surface area (Å²) in [5.41, 5.74) is -0.544. The molecule has 1 heterocycles. The van der Waals surface area contributed by atoms with Crippen LogP contribution in [0.3, 0.4) is 0 Å². The van der Waals surface area contributed by atoms with Gasteiger partial charge in [0.15, 0.2) is 0 Å². The first-order valence-electron chi connectivity index (χ1n) is 7.54. The minimum atomic E-state index is -0.544. The summed E-state index contributed by atoms with van der Waals surface area (Å²) in [7, 11) is 0. The van der Waals surface area contributed by atoms with Crippen LogP contribution in [0.5, 0.6) is 0 Å². The van der Waals surface area contributed by atoms with Crippen LogP contribution in [0.1, 0.15) is 47.0 Å². The molecule has 2 amide bonds. The van der Waals surface area contributed by atoms with E-state index in [2.05, 4.69) is 5.32 Å². The predicted octanol–water partition coefficient (Wildman–Crippen LogP) is 2.16. The van der Waals surface area contributed by atoms with E-state index in [-0.39, 0.29) is 5.91 Å². The van der Waals surface area contributed by atoms with E-state index < -0.39 is 17.7 Å². The van der Waals surface area contributed by atoms with Crippen LogP contribution >= 0.6 is 0 Å². The standard InChI is InChI=1S/C15H26N2O3/c1-10(16-14(19)20-15(2,3)4)13(18)17-8-11-6-5-7-12(11)9-17/h10-12H,5-9H2,1-4H3,(H,16,19)/t10-,11?,12?/m1/s1. The molecule has 1 saturated heterocycles. The molecule has 2 rings (SSSR count). The van der Waals surface area contributed by atoms with Gasteiger partial charge >= 0.3 is 6.09 Å². The molecule has 2 fully saturated rings. The third kappa shape index (κ3) is 3.64. The minimum absolute atomic E-state index is 0.00487. The van der Waals surface area contributed by atoms with E-state index in [1.54, 1.807) is 27.7 Å². The van der Waals surface area contributed by atoms with Gasteiger partial charge in [0.25, 0.3) is 0 Å². The van der Waals surface area contributed by atoms with Crippen LogP contribution in [0.15, 0.2) is 0 Å². The summed E-state index contributed by atoms with van der Waals surface area (Å²) >= 11 is 0. The number of rotatable bonds is 2. The number of amides is 2. The van der Waals surface area contributed by atoms with E-state index in [9.17, 15) is 9.59 Å². The fourth-order valence-electron chi connectivity index (χ4n) is 3.23. The largest absolute Gasteiger partial charge is 0.444 e. The monoisotopic (exact) mass is 282 g/mol. The summed E-state index contributed by atoms with van der Waals surface area (Å²) in [6.45, 7) is 8.84. The topological polar surface area (TPSA) is 58.6 Å². The Morgan fingerprint density at radius 3 is 2.25 bits per heavy atom. The molecule has 0 aromatic heterocycles. The van der Waals surface area contributed by atoms with Gasteiger partial charge in [0, 0.05) is 13.1 Å². The maximum atomic E-state index is 12.3. The van der Waals surface area contributed by atoms with Gasteiger partial charge in [-0.15, -0.1) is 0 Å². The predicted molar refractivity (Wildman–Crippen MR) is 76.2 cm³/mol. The fourth-order valence-corrected chi connectivity index (χ4v) is 3.23. The fraction of sp³-hybridized carbons (Fsp3) is 0.867. The van der Waals surface area contributed by atoms with Crippen molar-refractivity contribution in [2.24, 2.45) is 11.8 Å². The van der Waals surface area contributed by atoms with Crippen LogP contribution in [-0.4, -0.2) is 41.6 Å². The number of alkyl carbamates (subject to hydrolysis) is 1. The smallest absolute Gasteiger partial charge is 0.408 e. The van der Waals surface area contributed by atoms with Gasteiger partial charge in [-0.3, -0.25) is 4.79 Å². The average molecular weight is 282 g/mol. The lowest BCUT2D eigenvalue weighted by atomic mass is 10.0. The van der Waals surface area contributed by atoms with E-state index in [4.69, 9.17) is 4.74 Å². The summed E-state index contributed by atoms with van der Waals surface area (Å²) in [5, 5.41) is 2.63. The molecule has 0 aromatic carbocycles. The normalized spacial score (nSPS) is 27.1. The number of carbonyl (C=O) groups is 2. The summed E-state index contributed by atoms with van der Waals surface area (Å²) in [6, 6.07) is -0.524. The molecule has 20 heavy (non-hydrogen) atoms. The van der Waals surface area contributed by atoms with E-state index in [1.165, 1.54) is 19.3 Å². The molecule has 0 radical (unpaired) electrons. The zero-order chi connectivity index (χ0) is 14.9. The molecule has 3 atom stereocenters. The van der Waals surface area contributed by atoms with Crippen molar-refractivity contribution in [3.05, 3.63) is 0 Å². The number of fused-ring (bicyclic) bond motifs is 1. The van der Waals surface area contributed by atoms with Crippen LogP contribution in [0.4, 0.5) is 4.79 Å². The first-order chi connectivity index (χ1) is 9.26. The molecule has 114 valence electrons. The minimum Gasteiger partial charge on any atom is -0.444 e. The van der Waals surface area contributed by atoms with Crippen LogP contribution in [-0.2, 0) is 9.53 Å². The molecular weight excluding hydrogens is 256 g/mol. The summed E-state index contributed by atoms with van der Waals surface area (Å²) in [6.07, 6.45) is 3.24. The highest BCUT2D eigenvalue weighted by Gasteiger charge is 2.39. The number of carbonyl (C=O) groups excluding carboxylic acids is 2. The third-order valence-electron chi connectivity index (χ3n) is 4.14. The molecule has 5 nitrogen and oxygen atoms in total. The van der Waals surface area contributed by atoms with Gasteiger partial charge in [-0.2, -0.15) is 0 Å². The molecule has 1 aliphatic carbocycles. The highest BCUT2D eigenvalue weighted by Crippen LogP contribution is 2.37. The van der Waals surface area contributed by atoms with Gasteiger partial charge in [0.05, 0.1) is 0 Å². The Morgan fingerprint density at radius 1 is 1.20 bits per heavy atom. The lowest BCUT2D eigenvalue weighted by Crippen LogP contribution is -2.47.